The molecule has 0 atom stereocenters. The summed E-state index contributed by atoms with van der Waals surface area (Å²) in [5.74, 6) is 0.0180. The lowest BCUT2D eigenvalue weighted by Crippen LogP contribution is -2.14. The van der Waals surface area contributed by atoms with Gasteiger partial charge in [0.2, 0.25) is 5.91 Å². The largest absolute Gasteiger partial charge is 0.357 e. The Balaban J connectivity index is 2.00. The lowest BCUT2D eigenvalue weighted by Gasteiger charge is -2.07. The quantitative estimate of drug-likeness (QED) is 0.882. The summed E-state index contributed by atoms with van der Waals surface area (Å²) in [5.41, 5.74) is 4.31. The Bertz CT molecular complexity index is 570. The van der Waals surface area contributed by atoms with E-state index in [0.717, 1.165) is 11.3 Å². The van der Waals surface area contributed by atoms with Gasteiger partial charge in [-0.2, -0.15) is 0 Å². The van der Waals surface area contributed by atoms with Gasteiger partial charge < -0.3 is 9.88 Å². The standard InChI is InChI=1S/C15H18N2O/c1-11-4-5-14(8-12(11)2)16-15(18)9-13-6-7-17(3)10-13/h4-8,10H,9H2,1-3H3,(H,16,18). The number of aromatic nitrogens is 1. The SMILES string of the molecule is Cc1ccc(NC(=O)Cc2ccn(C)c2)cc1C. The average molecular weight is 242 g/mol. The second-order valence-electron chi connectivity index (χ2n) is 4.71. The van der Waals surface area contributed by atoms with Crippen molar-refractivity contribution in [3.05, 3.63) is 53.3 Å². The summed E-state index contributed by atoms with van der Waals surface area (Å²) < 4.78 is 1.94. The zero-order chi connectivity index (χ0) is 13.1. The van der Waals surface area contributed by atoms with Crippen LogP contribution >= 0.6 is 0 Å². The molecule has 18 heavy (non-hydrogen) atoms. The molecule has 0 fully saturated rings. The molecule has 2 rings (SSSR count). The monoisotopic (exact) mass is 242 g/mol. The van der Waals surface area contributed by atoms with Crippen molar-refractivity contribution in [1.82, 2.24) is 4.57 Å². The fourth-order valence-electron chi connectivity index (χ4n) is 1.88. The van der Waals surface area contributed by atoms with E-state index in [0.29, 0.717) is 6.42 Å². The van der Waals surface area contributed by atoms with Gasteiger partial charge in [-0.25, -0.2) is 0 Å². The summed E-state index contributed by atoms with van der Waals surface area (Å²) in [6.07, 6.45) is 4.31. The summed E-state index contributed by atoms with van der Waals surface area (Å²) in [4.78, 5) is 11.9. The molecule has 0 radical (unpaired) electrons. The third-order valence-corrected chi connectivity index (χ3v) is 3.05. The number of benzene rings is 1. The topological polar surface area (TPSA) is 34.0 Å². The zero-order valence-electron chi connectivity index (χ0n) is 11.0. The molecule has 1 aromatic carbocycles. The van der Waals surface area contributed by atoms with Gasteiger partial charge >= 0.3 is 0 Å². The van der Waals surface area contributed by atoms with Crippen LogP contribution in [0, 0.1) is 13.8 Å². The molecule has 0 saturated carbocycles. The van der Waals surface area contributed by atoms with Crippen molar-refractivity contribution in [2.24, 2.45) is 7.05 Å². The lowest BCUT2D eigenvalue weighted by atomic mass is 10.1. The zero-order valence-corrected chi connectivity index (χ0v) is 11.0. The number of anilines is 1. The molecule has 0 aliphatic rings. The Morgan fingerprint density at radius 2 is 2.00 bits per heavy atom. The molecular formula is C15H18N2O. The normalized spacial score (nSPS) is 10.4. The maximum Gasteiger partial charge on any atom is 0.228 e. The number of nitrogens with zero attached hydrogens (tertiary/aromatic N) is 1. The number of rotatable bonds is 3. The summed E-state index contributed by atoms with van der Waals surface area (Å²) in [6, 6.07) is 7.91. The van der Waals surface area contributed by atoms with Crippen molar-refractivity contribution < 1.29 is 4.79 Å². The number of nitrogens with one attached hydrogen (secondary N) is 1. The van der Waals surface area contributed by atoms with E-state index in [1.807, 2.05) is 55.2 Å². The van der Waals surface area contributed by atoms with Crippen LogP contribution in [0.2, 0.25) is 0 Å². The number of aryl methyl sites for hydroxylation is 3. The minimum absolute atomic E-state index is 0.0180. The third-order valence-electron chi connectivity index (χ3n) is 3.05. The Labute approximate surface area is 107 Å². The van der Waals surface area contributed by atoms with Gasteiger partial charge in [0, 0.05) is 25.1 Å². The fourth-order valence-corrected chi connectivity index (χ4v) is 1.88. The van der Waals surface area contributed by atoms with E-state index < -0.39 is 0 Å². The molecule has 0 aliphatic carbocycles. The van der Waals surface area contributed by atoms with Crippen LogP contribution in [0.15, 0.2) is 36.7 Å². The van der Waals surface area contributed by atoms with Crippen LogP contribution in [-0.4, -0.2) is 10.5 Å². The molecular weight excluding hydrogens is 224 g/mol. The second kappa shape index (κ2) is 5.08. The molecule has 1 amide bonds. The first-order valence-electron chi connectivity index (χ1n) is 6.02. The molecule has 0 spiro atoms. The fraction of sp³-hybridized carbons (Fsp3) is 0.267. The number of hydrogen-bond acceptors (Lipinski definition) is 1. The van der Waals surface area contributed by atoms with Crippen LogP contribution in [0.25, 0.3) is 0 Å². The molecule has 1 aromatic heterocycles. The van der Waals surface area contributed by atoms with E-state index >= 15 is 0 Å². The van der Waals surface area contributed by atoms with Crippen molar-refractivity contribution in [1.29, 1.82) is 0 Å². The van der Waals surface area contributed by atoms with Crippen LogP contribution in [0.3, 0.4) is 0 Å². The first kappa shape index (κ1) is 12.4. The van der Waals surface area contributed by atoms with Crippen molar-refractivity contribution in [3.63, 3.8) is 0 Å². The predicted molar refractivity (Wildman–Crippen MR) is 73.7 cm³/mol. The van der Waals surface area contributed by atoms with Gasteiger partial charge in [0.15, 0.2) is 0 Å². The smallest absolute Gasteiger partial charge is 0.228 e. The molecule has 3 heteroatoms. The van der Waals surface area contributed by atoms with Crippen LogP contribution < -0.4 is 5.32 Å². The molecule has 94 valence electrons. The van der Waals surface area contributed by atoms with E-state index in [-0.39, 0.29) is 5.91 Å². The Morgan fingerprint density at radius 3 is 2.61 bits per heavy atom. The molecule has 2 aromatic rings. The maximum atomic E-state index is 11.9. The Morgan fingerprint density at radius 1 is 1.22 bits per heavy atom. The van der Waals surface area contributed by atoms with Gasteiger partial charge in [-0.15, -0.1) is 0 Å². The first-order valence-corrected chi connectivity index (χ1v) is 6.02. The molecule has 1 N–H and O–H groups in total. The molecule has 0 unspecified atom stereocenters. The van der Waals surface area contributed by atoms with Crippen molar-refractivity contribution in [2.75, 3.05) is 5.32 Å². The highest BCUT2D eigenvalue weighted by atomic mass is 16.1. The van der Waals surface area contributed by atoms with Crippen molar-refractivity contribution in [2.45, 2.75) is 20.3 Å². The maximum absolute atomic E-state index is 11.9. The number of hydrogen-bond donors (Lipinski definition) is 1. The minimum atomic E-state index is 0.0180. The molecule has 0 bridgehead atoms. The van der Waals surface area contributed by atoms with Crippen molar-refractivity contribution in [3.8, 4) is 0 Å². The summed E-state index contributed by atoms with van der Waals surface area (Å²) in [5, 5.41) is 2.92. The highest BCUT2D eigenvalue weighted by Gasteiger charge is 2.05. The van der Waals surface area contributed by atoms with Gasteiger partial charge in [-0.05, 0) is 48.7 Å². The molecule has 1 heterocycles. The number of carbonyl (C=O) groups excluding carboxylic acids is 1. The Kier molecular flexibility index (Phi) is 3.51. The summed E-state index contributed by atoms with van der Waals surface area (Å²) in [6.45, 7) is 4.10. The summed E-state index contributed by atoms with van der Waals surface area (Å²) in [7, 11) is 1.95. The molecule has 0 saturated heterocycles. The third kappa shape index (κ3) is 3.00. The number of amides is 1. The van der Waals surface area contributed by atoms with Crippen LogP contribution in [0.1, 0.15) is 16.7 Å². The van der Waals surface area contributed by atoms with Gasteiger partial charge in [-0.3, -0.25) is 4.79 Å². The average Bonchev–Trinajstić information content (AvgIpc) is 2.69. The van der Waals surface area contributed by atoms with Gasteiger partial charge in [0.1, 0.15) is 0 Å². The van der Waals surface area contributed by atoms with Gasteiger partial charge in [0.25, 0.3) is 0 Å². The predicted octanol–water partition coefficient (Wildman–Crippen LogP) is 2.82. The van der Waals surface area contributed by atoms with E-state index in [4.69, 9.17) is 0 Å². The number of carbonyl (C=O) groups is 1. The van der Waals surface area contributed by atoms with E-state index in [2.05, 4.69) is 12.2 Å². The Hall–Kier alpha value is -2.03. The van der Waals surface area contributed by atoms with Gasteiger partial charge in [-0.1, -0.05) is 6.07 Å². The lowest BCUT2D eigenvalue weighted by molar-refractivity contribution is -0.115. The summed E-state index contributed by atoms with van der Waals surface area (Å²) >= 11 is 0. The van der Waals surface area contributed by atoms with Crippen LogP contribution in [-0.2, 0) is 18.3 Å². The first-order chi connectivity index (χ1) is 8.54. The van der Waals surface area contributed by atoms with E-state index in [1.54, 1.807) is 0 Å². The van der Waals surface area contributed by atoms with E-state index in [9.17, 15) is 4.79 Å². The molecule has 3 nitrogen and oxygen atoms in total. The van der Waals surface area contributed by atoms with Crippen molar-refractivity contribution >= 4 is 11.6 Å². The highest BCUT2D eigenvalue weighted by molar-refractivity contribution is 5.92. The highest BCUT2D eigenvalue weighted by Crippen LogP contribution is 2.14. The molecule has 0 aliphatic heterocycles. The second-order valence-corrected chi connectivity index (χ2v) is 4.71. The van der Waals surface area contributed by atoms with E-state index in [1.165, 1.54) is 11.1 Å². The van der Waals surface area contributed by atoms with Gasteiger partial charge in [0.05, 0.1) is 6.42 Å². The van der Waals surface area contributed by atoms with Crippen LogP contribution in [0.5, 0.6) is 0 Å². The minimum Gasteiger partial charge on any atom is -0.357 e. The van der Waals surface area contributed by atoms with Crippen LogP contribution in [0.4, 0.5) is 5.69 Å².